The Labute approximate surface area is 352 Å². The van der Waals surface area contributed by atoms with Crippen LogP contribution in [0.2, 0.25) is 0 Å². The van der Waals surface area contributed by atoms with Crippen LogP contribution in [0.15, 0.2) is 60.7 Å². The molecule has 2 aromatic carbocycles. The van der Waals surface area contributed by atoms with Gasteiger partial charge in [0.1, 0.15) is 36.1 Å². The predicted molar refractivity (Wildman–Crippen MR) is 222 cm³/mol. The van der Waals surface area contributed by atoms with Gasteiger partial charge < -0.3 is 45.3 Å². The van der Waals surface area contributed by atoms with Crippen molar-refractivity contribution in [1.82, 2.24) is 31.1 Å². The zero-order chi connectivity index (χ0) is 43.8. The van der Waals surface area contributed by atoms with Crippen LogP contribution in [0.5, 0.6) is 5.75 Å². The van der Waals surface area contributed by atoms with E-state index >= 15 is 0 Å². The van der Waals surface area contributed by atoms with E-state index < -0.39 is 77.9 Å². The number of hydrogen-bond acceptors (Lipinski definition) is 10. The van der Waals surface area contributed by atoms with Crippen molar-refractivity contribution < 1.29 is 47.8 Å². The van der Waals surface area contributed by atoms with Crippen molar-refractivity contribution >= 4 is 41.4 Å². The standard InChI is InChI=1S/C44H62N6O10/c1-7-17-33(38(52)40(54)45-27-35(51)47-36(41(55)49(5)6)29-18-11-8-12-19-29)46-39(53)34-26-32(59-25-24-58-31-22-15-10-16-23-31)28-50(34)42(56)37(30-20-13-9-14-21-30)48-43(57)60-44(2,3)4/h8,10-12,15-16,18-19,22-23,30,32-34,36-37H,7,9,13-14,17,20-21,24-28H2,1-6H3,(H,45,54)(H,46,53)(H,47,51)(H,48,57). The summed E-state index contributed by atoms with van der Waals surface area (Å²) in [5, 5.41) is 10.5. The van der Waals surface area contributed by atoms with E-state index in [1.807, 2.05) is 30.3 Å². The fraction of sp³-hybridized carbons (Fsp3) is 0.568. The molecule has 1 aliphatic heterocycles. The number of likely N-dealkylation sites (tertiary alicyclic amines) is 1. The number of para-hydroxylation sites is 1. The molecule has 5 unspecified atom stereocenters. The van der Waals surface area contributed by atoms with Gasteiger partial charge in [0.25, 0.3) is 5.91 Å². The summed E-state index contributed by atoms with van der Waals surface area (Å²) in [6, 6.07) is 13.4. The molecule has 1 heterocycles. The Bertz CT molecular complexity index is 1760. The second kappa shape index (κ2) is 22.7. The Balaban J connectivity index is 1.48. The Morgan fingerprint density at radius 3 is 2.12 bits per heavy atom. The third kappa shape index (κ3) is 14.3. The van der Waals surface area contributed by atoms with Gasteiger partial charge in [-0.3, -0.25) is 28.8 Å². The van der Waals surface area contributed by atoms with Gasteiger partial charge in [0.05, 0.1) is 25.3 Å². The van der Waals surface area contributed by atoms with Crippen LogP contribution >= 0.6 is 0 Å². The molecule has 4 N–H and O–H groups in total. The van der Waals surface area contributed by atoms with E-state index in [-0.39, 0.29) is 44.4 Å². The molecule has 328 valence electrons. The lowest BCUT2D eigenvalue weighted by atomic mass is 9.83. The Morgan fingerprint density at radius 2 is 1.50 bits per heavy atom. The first-order chi connectivity index (χ1) is 28.6. The van der Waals surface area contributed by atoms with E-state index in [0.717, 1.165) is 19.3 Å². The molecule has 6 amide bonds. The van der Waals surface area contributed by atoms with Crippen LogP contribution in [0.25, 0.3) is 0 Å². The van der Waals surface area contributed by atoms with Crippen LogP contribution in [-0.2, 0) is 38.2 Å². The number of carbonyl (C=O) groups is 7. The molecule has 2 aromatic rings. The number of nitrogens with one attached hydrogen (secondary N) is 4. The van der Waals surface area contributed by atoms with Crippen LogP contribution in [0.4, 0.5) is 4.79 Å². The van der Waals surface area contributed by atoms with Crippen molar-refractivity contribution in [2.24, 2.45) is 5.92 Å². The number of ether oxygens (including phenoxy) is 3. The number of benzene rings is 2. The summed E-state index contributed by atoms with van der Waals surface area (Å²) in [7, 11) is 3.11. The first-order valence-corrected chi connectivity index (χ1v) is 20.8. The normalized spacial score (nSPS) is 18.3. The van der Waals surface area contributed by atoms with Gasteiger partial charge in [0.2, 0.25) is 29.4 Å². The largest absolute Gasteiger partial charge is 0.491 e. The molecule has 16 nitrogen and oxygen atoms in total. The smallest absolute Gasteiger partial charge is 0.408 e. The maximum absolute atomic E-state index is 14.6. The van der Waals surface area contributed by atoms with Gasteiger partial charge in [-0.15, -0.1) is 0 Å². The maximum Gasteiger partial charge on any atom is 0.408 e. The highest BCUT2D eigenvalue weighted by molar-refractivity contribution is 6.38. The summed E-state index contributed by atoms with van der Waals surface area (Å²) in [6.07, 6.45) is 3.45. The van der Waals surface area contributed by atoms with Gasteiger partial charge in [-0.05, 0) is 63.6 Å². The molecule has 60 heavy (non-hydrogen) atoms. The lowest BCUT2D eigenvalue weighted by Crippen LogP contribution is -2.58. The number of nitrogens with zero attached hydrogens (tertiary/aromatic N) is 2. The van der Waals surface area contributed by atoms with Crippen molar-refractivity contribution in [1.29, 1.82) is 0 Å². The van der Waals surface area contributed by atoms with Crippen molar-refractivity contribution in [3.63, 3.8) is 0 Å². The van der Waals surface area contributed by atoms with Gasteiger partial charge in [0.15, 0.2) is 0 Å². The second-order valence-electron chi connectivity index (χ2n) is 16.5. The molecule has 2 aliphatic rings. The molecule has 16 heteroatoms. The van der Waals surface area contributed by atoms with E-state index in [4.69, 9.17) is 14.2 Å². The van der Waals surface area contributed by atoms with Crippen LogP contribution in [-0.4, -0.2) is 121 Å². The summed E-state index contributed by atoms with van der Waals surface area (Å²) in [5.74, 6) is -3.83. The summed E-state index contributed by atoms with van der Waals surface area (Å²) < 4.78 is 17.4. The lowest BCUT2D eigenvalue weighted by molar-refractivity contribution is -0.143. The van der Waals surface area contributed by atoms with Crippen LogP contribution in [0.3, 0.4) is 0 Å². The summed E-state index contributed by atoms with van der Waals surface area (Å²) >= 11 is 0. The van der Waals surface area contributed by atoms with Crippen molar-refractivity contribution in [3.8, 4) is 5.75 Å². The number of ketones is 1. The monoisotopic (exact) mass is 834 g/mol. The molecule has 0 bridgehead atoms. The highest BCUT2D eigenvalue weighted by Crippen LogP contribution is 2.30. The molecule has 5 atom stereocenters. The fourth-order valence-corrected chi connectivity index (χ4v) is 7.40. The van der Waals surface area contributed by atoms with E-state index in [9.17, 15) is 33.6 Å². The highest BCUT2D eigenvalue weighted by Gasteiger charge is 2.45. The number of likely N-dealkylation sites (N-methyl/N-ethyl adjacent to an activating group) is 1. The molecule has 1 saturated heterocycles. The average Bonchev–Trinajstić information content (AvgIpc) is 3.66. The first-order valence-electron chi connectivity index (χ1n) is 20.8. The zero-order valence-corrected chi connectivity index (χ0v) is 35.7. The third-order valence-electron chi connectivity index (χ3n) is 10.3. The third-order valence-corrected chi connectivity index (χ3v) is 10.3. The van der Waals surface area contributed by atoms with Gasteiger partial charge in [0, 0.05) is 27.1 Å². The van der Waals surface area contributed by atoms with Gasteiger partial charge >= 0.3 is 6.09 Å². The van der Waals surface area contributed by atoms with Gasteiger partial charge in [-0.2, -0.15) is 0 Å². The minimum Gasteiger partial charge on any atom is -0.491 e. The quantitative estimate of drug-likeness (QED) is 0.120. The zero-order valence-electron chi connectivity index (χ0n) is 35.7. The second-order valence-corrected chi connectivity index (χ2v) is 16.5. The topological polar surface area (TPSA) is 202 Å². The number of Topliss-reactive ketones (excluding diaryl/α,β-unsaturated/α-hetero) is 1. The molecule has 2 fully saturated rings. The lowest BCUT2D eigenvalue weighted by Gasteiger charge is -2.35. The molecule has 0 aromatic heterocycles. The predicted octanol–water partition coefficient (Wildman–Crippen LogP) is 3.44. The van der Waals surface area contributed by atoms with E-state index in [0.29, 0.717) is 30.6 Å². The van der Waals surface area contributed by atoms with Crippen LogP contribution in [0, 0.1) is 5.92 Å². The van der Waals surface area contributed by atoms with E-state index in [1.54, 1.807) is 72.1 Å². The SMILES string of the molecule is CCCC(NC(=O)C1CC(OCCOc2ccccc2)CN1C(=O)C(NC(=O)OC(C)(C)C)C1CCCCC1)C(=O)C(=O)NCC(=O)NC(C(=O)N(C)C)c1ccccc1. The molecule has 0 radical (unpaired) electrons. The molecule has 4 rings (SSSR count). The number of hydrogen-bond donors (Lipinski definition) is 4. The number of rotatable bonds is 19. The summed E-state index contributed by atoms with van der Waals surface area (Å²) in [4.78, 5) is 97.2. The Hall–Kier alpha value is -5.51. The number of amides is 6. The molecular weight excluding hydrogens is 773 g/mol. The fourth-order valence-electron chi connectivity index (χ4n) is 7.40. The van der Waals surface area contributed by atoms with Crippen molar-refractivity contribution in [2.75, 3.05) is 40.4 Å². The van der Waals surface area contributed by atoms with Gasteiger partial charge in [-0.25, -0.2) is 4.79 Å². The highest BCUT2D eigenvalue weighted by atomic mass is 16.6. The van der Waals surface area contributed by atoms with Crippen LogP contribution in [0.1, 0.15) is 90.7 Å². The minimum absolute atomic E-state index is 0.0315. The summed E-state index contributed by atoms with van der Waals surface area (Å²) in [5.41, 5.74) is -0.274. The number of carbonyl (C=O) groups excluding carboxylic acids is 7. The van der Waals surface area contributed by atoms with E-state index in [1.165, 1.54) is 9.80 Å². The Morgan fingerprint density at radius 1 is 0.850 bits per heavy atom. The van der Waals surface area contributed by atoms with Gasteiger partial charge in [-0.1, -0.05) is 81.1 Å². The number of alkyl carbamates (subject to hydrolysis) is 1. The summed E-state index contributed by atoms with van der Waals surface area (Å²) in [6.45, 7) is 6.78. The maximum atomic E-state index is 14.6. The van der Waals surface area contributed by atoms with Crippen molar-refractivity contribution in [2.45, 2.75) is 115 Å². The molecular formula is C44H62N6O10. The molecule has 1 aliphatic carbocycles. The minimum atomic E-state index is -1.27. The average molecular weight is 835 g/mol. The van der Waals surface area contributed by atoms with Crippen molar-refractivity contribution in [3.05, 3.63) is 66.2 Å². The Kier molecular flexibility index (Phi) is 17.9. The first kappa shape index (κ1) is 47.2. The molecule has 1 saturated carbocycles. The van der Waals surface area contributed by atoms with Crippen LogP contribution < -0.4 is 26.0 Å². The van der Waals surface area contributed by atoms with E-state index in [2.05, 4.69) is 21.3 Å². The molecule has 0 spiro atoms.